The SMILES string of the molecule is CN(Cc1ccc(Oc2ccccc2)cc1)C(=O)CCc1nc(N)n[nH]1. The summed E-state index contributed by atoms with van der Waals surface area (Å²) in [5, 5.41) is 6.46. The Morgan fingerprint density at radius 3 is 2.46 bits per heavy atom. The first-order valence-corrected chi connectivity index (χ1v) is 8.33. The molecule has 1 amide bonds. The number of carbonyl (C=O) groups excluding carboxylic acids is 1. The van der Waals surface area contributed by atoms with Gasteiger partial charge in [0, 0.05) is 26.4 Å². The van der Waals surface area contributed by atoms with Crippen molar-refractivity contribution in [3.63, 3.8) is 0 Å². The average molecular weight is 351 g/mol. The highest BCUT2D eigenvalue weighted by molar-refractivity contribution is 5.76. The van der Waals surface area contributed by atoms with Gasteiger partial charge in [-0.25, -0.2) is 0 Å². The number of hydrogen-bond acceptors (Lipinski definition) is 5. The summed E-state index contributed by atoms with van der Waals surface area (Å²) in [6, 6.07) is 17.3. The minimum Gasteiger partial charge on any atom is -0.457 e. The number of nitrogens with zero attached hydrogens (tertiary/aromatic N) is 3. The van der Waals surface area contributed by atoms with Gasteiger partial charge in [0.2, 0.25) is 11.9 Å². The number of para-hydroxylation sites is 1. The molecule has 0 spiro atoms. The smallest absolute Gasteiger partial charge is 0.239 e. The molecule has 0 atom stereocenters. The second-order valence-corrected chi connectivity index (χ2v) is 5.95. The van der Waals surface area contributed by atoms with Gasteiger partial charge in [-0.1, -0.05) is 30.3 Å². The van der Waals surface area contributed by atoms with Crippen LogP contribution in [0.1, 0.15) is 17.8 Å². The molecule has 3 rings (SSSR count). The molecule has 0 fully saturated rings. The minimum atomic E-state index is 0.0320. The second-order valence-electron chi connectivity index (χ2n) is 5.95. The van der Waals surface area contributed by atoms with Gasteiger partial charge in [-0.2, -0.15) is 4.98 Å². The molecule has 3 aromatic rings. The maximum atomic E-state index is 12.2. The molecule has 0 aliphatic rings. The number of H-pyrrole nitrogens is 1. The summed E-state index contributed by atoms with van der Waals surface area (Å²) in [6.45, 7) is 0.531. The molecule has 3 N–H and O–H groups in total. The van der Waals surface area contributed by atoms with Gasteiger partial charge in [0.05, 0.1) is 0 Å². The van der Waals surface area contributed by atoms with Crippen molar-refractivity contribution in [2.75, 3.05) is 12.8 Å². The largest absolute Gasteiger partial charge is 0.457 e. The molecule has 0 radical (unpaired) electrons. The number of aromatic amines is 1. The summed E-state index contributed by atoms with van der Waals surface area (Å²) in [5.41, 5.74) is 6.48. The standard InChI is InChI=1S/C19H21N5O2/c1-24(18(25)12-11-17-21-19(20)23-22-17)13-14-7-9-16(10-8-14)26-15-5-3-2-4-6-15/h2-10H,11-13H2,1H3,(H3,20,21,22,23). The van der Waals surface area contributed by atoms with Crippen LogP contribution in [0, 0.1) is 0 Å². The zero-order chi connectivity index (χ0) is 18.4. The van der Waals surface area contributed by atoms with Crippen LogP contribution in [0.15, 0.2) is 54.6 Å². The number of anilines is 1. The summed E-state index contributed by atoms with van der Waals surface area (Å²) in [5.74, 6) is 2.40. The van der Waals surface area contributed by atoms with Crippen LogP contribution in [0.4, 0.5) is 5.95 Å². The summed E-state index contributed by atoms with van der Waals surface area (Å²) in [7, 11) is 1.78. The van der Waals surface area contributed by atoms with Crippen molar-refractivity contribution in [3.8, 4) is 11.5 Å². The van der Waals surface area contributed by atoms with E-state index in [1.807, 2.05) is 54.6 Å². The quantitative estimate of drug-likeness (QED) is 0.682. The van der Waals surface area contributed by atoms with Crippen LogP contribution in [-0.2, 0) is 17.8 Å². The first-order valence-electron chi connectivity index (χ1n) is 8.33. The molecular weight excluding hydrogens is 330 g/mol. The van der Waals surface area contributed by atoms with Crippen molar-refractivity contribution < 1.29 is 9.53 Å². The lowest BCUT2D eigenvalue weighted by atomic mass is 10.2. The van der Waals surface area contributed by atoms with Gasteiger partial charge in [-0.15, -0.1) is 5.10 Å². The molecule has 26 heavy (non-hydrogen) atoms. The molecule has 0 aliphatic carbocycles. The van der Waals surface area contributed by atoms with E-state index in [1.165, 1.54) is 0 Å². The van der Waals surface area contributed by atoms with E-state index in [9.17, 15) is 4.79 Å². The third-order valence-electron chi connectivity index (χ3n) is 3.87. The number of amides is 1. The highest BCUT2D eigenvalue weighted by atomic mass is 16.5. The molecule has 0 unspecified atom stereocenters. The lowest BCUT2D eigenvalue weighted by molar-refractivity contribution is -0.130. The van der Waals surface area contributed by atoms with Gasteiger partial charge in [0.25, 0.3) is 0 Å². The van der Waals surface area contributed by atoms with E-state index in [4.69, 9.17) is 10.5 Å². The van der Waals surface area contributed by atoms with Crippen LogP contribution in [-0.4, -0.2) is 33.0 Å². The van der Waals surface area contributed by atoms with Crippen LogP contribution >= 0.6 is 0 Å². The van der Waals surface area contributed by atoms with E-state index in [0.29, 0.717) is 25.2 Å². The predicted octanol–water partition coefficient (Wildman–Crippen LogP) is 2.77. The van der Waals surface area contributed by atoms with Gasteiger partial charge in [-0.05, 0) is 29.8 Å². The molecule has 7 heteroatoms. The summed E-state index contributed by atoms with van der Waals surface area (Å²) < 4.78 is 5.77. The van der Waals surface area contributed by atoms with Crippen LogP contribution < -0.4 is 10.5 Å². The van der Waals surface area contributed by atoms with Crippen molar-refractivity contribution in [3.05, 3.63) is 66.0 Å². The average Bonchev–Trinajstić information content (AvgIpc) is 3.07. The number of aromatic nitrogens is 3. The lowest BCUT2D eigenvalue weighted by Gasteiger charge is -2.17. The molecule has 7 nitrogen and oxygen atoms in total. The molecule has 0 aliphatic heterocycles. The summed E-state index contributed by atoms with van der Waals surface area (Å²) >= 11 is 0. The molecule has 0 bridgehead atoms. The first kappa shape index (κ1) is 17.5. The van der Waals surface area contributed by atoms with E-state index < -0.39 is 0 Å². The normalized spacial score (nSPS) is 10.5. The molecule has 1 aromatic heterocycles. The number of rotatable bonds is 7. The van der Waals surface area contributed by atoms with E-state index >= 15 is 0 Å². The molecule has 0 saturated heterocycles. The fraction of sp³-hybridized carbons (Fsp3) is 0.211. The predicted molar refractivity (Wildman–Crippen MR) is 98.5 cm³/mol. The van der Waals surface area contributed by atoms with Crippen molar-refractivity contribution in [2.24, 2.45) is 0 Å². The van der Waals surface area contributed by atoms with E-state index in [2.05, 4.69) is 15.2 Å². The van der Waals surface area contributed by atoms with Crippen LogP contribution in [0.5, 0.6) is 11.5 Å². The van der Waals surface area contributed by atoms with Crippen molar-refractivity contribution >= 4 is 11.9 Å². The maximum absolute atomic E-state index is 12.2. The Kier molecular flexibility index (Phi) is 5.48. The summed E-state index contributed by atoms with van der Waals surface area (Å²) in [4.78, 5) is 17.9. The Hall–Kier alpha value is -3.35. The Bertz CT molecular complexity index is 846. The van der Waals surface area contributed by atoms with Gasteiger partial charge < -0.3 is 15.4 Å². The van der Waals surface area contributed by atoms with Crippen molar-refractivity contribution in [1.29, 1.82) is 0 Å². The molecular formula is C19H21N5O2. The number of carbonyl (C=O) groups is 1. The Labute approximate surface area is 151 Å². The first-order chi connectivity index (χ1) is 12.6. The fourth-order valence-corrected chi connectivity index (χ4v) is 2.49. The van der Waals surface area contributed by atoms with Gasteiger partial charge in [0.1, 0.15) is 17.3 Å². The van der Waals surface area contributed by atoms with Gasteiger partial charge in [0.15, 0.2) is 0 Å². The zero-order valence-electron chi connectivity index (χ0n) is 14.6. The number of hydrogen-bond donors (Lipinski definition) is 2. The molecule has 1 heterocycles. The van der Waals surface area contributed by atoms with Crippen LogP contribution in [0.25, 0.3) is 0 Å². The molecule has 0 saturated carbocycles. The Morgan fingerprint density at radius 2 is 1.81 bits per heavy atom. The Morgan fingerprint density at radius 1 is 1.12 bits per heavy atom. The number of nitrogens with two attached hydrogens (primary N) is 1. The number of benzene rings is 2. The number of nitrogen functional groups attached to an aromatic ring is 1. The Balaban J connectivity index is 1.50. The minimum absolute atomic E-state index is 0.0320. The zero-order valence-corrected chi connectivity index (χ0v) is 14.6. The van der Waals surface area contributed by atoms with Gasteiger partial charge in [-0.3, -0.25) is 9.89 Å². The number of nitrogens with one attached hydrogen (secondary N) is 1. The third-order valence-corrected chi connectivity index (χ3v) is 3.87. The van der Waals surface area contributed by atoms with E-state index in [0.717, 1.165) is 17.1 Å². The maximum Gasteiger partial charge on any atom is 0.239 e. The molecule has 134 valence electrons. The topological polar surface area (TPSA) is 97.1 Å². The number of ether oxygens (including phenoxy) is 1. The fourth-order valence-electron chi connectivity index (χ4n) is 2.49. The van der Waals surface area contributed by atoms with Crippen molar-refractivity contribution in [1.82, 2.24) is 20.1 Å². The van der Waals surface area contributed by atoms with E-state index in [1.54, 1.807) is 11.9 Å². The highest BCUT2D eigenvalue weighted by Crippen LogP contribution is 2.21. The second kappa shape index (κ2) is 8.15. The number of aryl methyl sites for hydroxylation is 1. The summed E-state index contributed by atoms with van der Waals surface area (Å²) in [6.07, 6.45) is 0.831. The monoisotopic (exact) mass is 351 g/mol. The van der Waals surface area contributed by atoms with Crippen molar-refractivity contribution in [2.45, 2.75) is 19.4 Å². The van der Waals surface area contributed by atoms with Crippen LogP contribution in [0.2, 0.25) is 0 Å². The van der Waals surface area contributed by atoms with Gasteiger partial charge >= 0.3 is 0 Å². The van der Waals surface area contributed by atoms with E-state index in [-0.39, 0.29) is 11.9 Å². The molecule has 2 aromatic carbocycles. The lowest BCUT2D eigenvalue weighted by Crippen LogP contribution is -2.26. The third kappa shape index (κ3) is 4.83. The van der Waals surface area contributed by atoms with Crippen LogP contribution in [0.3, 0.4) is 0 Å². The highest BCUT2D eigenvalue weighted by Gasteiger charge is 2.11.